The van der Waals surface area contributed by atoms with Crippen LogP contribution in [0.25, 0.3) is 0 Å². The van der Waals surface area contributed by atoms with Crippen molar-refractivity contribution in [1.29, 1.82) is 0 Å². The van der Waals surface area contributed by atoms with Crippen LogP contribution in [-0.2, 0) is 9.59 Å². The van der Waals surface area contributed by atoms with Crippen LogP contribution in [0.1, 0.15) is 181 Å². The largest absolute Gasteiger partial charge is 2.00 e. The third-order valence-electron chi connectivity index (χ3n) is 9.42. The summed E-state index contributed by atoms with van der Waals surface area (Å²) in [6.45, 7) is 4.37. The zero-order valence-electron chi connectivity index (χ0n) is 32.1. The van der Waals surface area contributed by atoms with Crippen LogP contribution in [0.5, 0.6) is 0 Å². The SMILES string of the molecule is CCCCCCCCCCCCCCC(O)(O)C(O)(O)C(O)(O)C(=O)[O-].CCCCCCCCCCCCCCC(O)(O)C(O)(O)C(O)(O)C(=O)[O-].[Ca+2]. The van der Waals surface area contributed by atoms with Gasteiger partial charge in [0.05, 0.1) is 0 Å². The summed E-state index contributed by atoms with van der Waals surface area (Å²) in [6, 6.07) is 0. The van der Waals surface area contributed by atoms with Crippen molar-refractivity contribution in [2.75, 3.05) is 0 Å². The number of hydrogen-bond donors (Lipinski definition) is 12. The normalized spacial score (nSPS) is 12.9. The van der Waals surface area contributed by atoms with E-state index in [1.165, 1.54) is 77.0 Å². The molecule has 312 valence electrons. The zero-order chi connectivity index (χ0) is 40.5. The Hall–Kier alpha value is -0.280. The van der Waals surface area contributed by atoms with Crippen LogP contribution in [0, 0.1) is 0 Å². The molecule has 0 aromatic rings. The second kappa shape index (κ2) is 29.0. The van der Waals surface area contributed by atoms with Crippen LogP contribution in [-0.4, -0.2) is 146 Å². The van der Waals surface area contributed by atoms with E-state index < -0.39 is 59.5 Å². The summed E-state index contributed by atoms with van der Waals surface area (Å²) in [6.07, 6.45) is 23.2. The molecule has 16 nitrogen and oxygen atoms in total. The maximum absolute atomic E-state index is 10.5. The molecule has 0 saturated heterocycles. The molecule has 0 aliphatic carbocycles. The number of aliphatic carboxylic acids is 2. The Morgan fingerprint density at radius 1 is 0.358 bits per heavy atom. The smallest absolute Gasteiger partial charge is 0.544 e. The fraction of sp³-hybridized carbons (Fsp3) is 0.944. The molecular formula is C36H70CaO16. The molecular weight excluding hydrogens is 728 g/mol. The topological polar surface area (TPSA) is 323 Å². The predicted molar refractivity (Wildman–Crippen MR) is 190 cm³/mol. The molecule has 53 heavy (non-hydrogen) atoms. The zero-order valence-corrected chi connectivity index (χ0v) is 34.3. The number of carboxylic acid groups (broad SMARTS) is 2. The molecule has 12 N–H and O–H groups in total. The first-order valence-electron chi connectivity index (χ1n) is 19.1. The maximum Gasteiger partial charge on any atom is 2.00 e. The molecule has 0 aliphatic rings. The van der Waals surface area contributed by atoms with Gasteiger partial charge in [0.1, 0.15) is 11.9 Å². The minimum absolute atomic E-state index is 0. The number of carbonyl (C=O) groups excluding carboxylic acids is 2. The Bertz CT molecular complexity index is 866. The van der Waals surface area contributed by atoms with Gasteiger partial charge in [0.2, 0.25) is 11.6 Å². The van der Waals surface area contributed by atoms with Gasteiger partial charge in [-0.3, -0.25) is 0 Å². The Balaban J connectivity index is -0.000000926. The van der Waals surface area contributed by atoms with Crippen molar-refractivity contribution in [2.24, 2.45) is 0 Å². The quantitative estimate of drug-likeness (QED) is 0.0229. The van der Waals surface area contributed by atoms with Crippen LogP contribution >= 0.6 is 0 Å². The molecule has 0 aliphatic heterocycles. The van der Waals surface area contributed by atoms with Crippen molar-refractivity contribution in [1.82, 2.24) is 0 Å². The second-order valence-electron chi connectivity index (χ2n) is 14.2. The van der Waals surface area contributed by atoms with Gasteiger partial charge in [0.25, 0.3) is 23.1 Å². The fourth-order valence-electron chi connectivity index (χ4n) is 5.62. The van der Waals surface area contributed by atoms with Gasteiger partial charge in [-0.1, -0.05) is 155 Å². The molecule has 0 spiro atoms. The van der Waals surface area contributed by atoms with Crippen molar-refractivity contribution in [3.05, 3.63) is 0 Å². The maximum atomic E-state index is 10.5. The third kappa shape index (κ3) is 21.2. The molecule has 0 unspecified atom stereocenters. The summed E-state index contributed by atoms with van der Waals surface area (Å²) in [5, 5.41) is 134. The Kier molecular flexibility index (Phi) is 31.2. The number of hydrogen-bond acceptors (Lipinski definition) is 16. The number of unbranched alkanes of at least 4 members (excludes halogenated alkanes) is 22. The summed E-state index contributed by atoms with van der Waals surface area (Å²) >= 11 is 0. The van der Waals surface area contributed by atoms with Crippen LogP contribution in [0.2, 0.25) is 0 Å². The first-order valence-corrected chi connectivity index (χ1v) is 19.1. The Morgan fingerprint density at radius 3 is 0.698 bits per heavy atom. The van der Waals surface area contributed by atoms with Gasteiger partial charge < -0.3 is 81.1 Å². The van der Waals surface area contributed by atoms with E-state index in [-0.39, 0.29) is 50.6 Å². The number of carboxylic acids is 2. The van der Waals surface area contributed by atoms with E-state index in [0.717, 1.165) is 51.4 Å². The predicted octanol–water partition coefficient (Wildman–Crippen LogP) is -0.640. The molecule has 0 heterocycles. The standard InChI is InChI=1S/2C18H36O8.Ca/c2*1-2-3-4-5-6-7-8-9-10-11-12-13-14-16(21,22)18(25,26)17(23,24)15(19)20;/h2*21-26H,2-14H2,1H3,(H,19,20);/q;;+2/p-2. The van der Waals surface area contributed by atoms with E-state index in [0.29, 0.717) is 12.8 Å². The number of aliphatic hydroxyl groups is 12. The van der Waals surface area contributed by atoms with Crippen molar-refractivity contribution < 1.29 is 81.1 Å². The van der Waals surface area contributed by atoms with Crippen LogP contribution in [0.15, 0.2) is 0 Å². The monoisotopic (exact) mass is 798 g/mol. The average Bonchev–Trinajstić information content (AvgIpc) is 3.05. The minimum Gasteiger partial charge on any atom is -0.544 e. The summed E-state index contributed by atoms with van der Waals surface area (Å²) in [5.74, 6) is -28.7. The van der Waals surface area contributed by atoms with E-state index >= 15 is 0 Å². The molecule has 0 atom stereocenters. The molecule has 0 aromatic heterocycles. The first-order chi connectivity index (χ1) is 24.0. The summed E-state index contributed by atoms with van der Waals surface area (Å²) in [7, 11) is 0. The summed E-state index contributed by atoms with van der Waals surface area (Å²) < 4.78 is 0. The molecule has 0 bridgehead atoms. The Morgan fingerprint density at radius 2 is 0.528 bits per heavy atom. The van der Waals surface area contributed by atoms with Gasteiger partial charge in [-0.25, -0.2) is 0 Å². The van der Waals surface area contributed by atoms with E-state index in [1.807, 2.05) is 0 Å². The van der Waals surface area contributed by atoms with Crippen molar-refractivity contribution in [3.63, 3.8) is 0 Å². The number of rotatable bonds is 32. The van der Waals surface area contributed by atoms with Crippen LogP contribution < -0.4 is 10.2 Å². The summed E-state index contributed by atoms with van der Waals surface area (Å²) in [4.78, 5) is 21.1. The second-order valence-corrected chi connectivity index (χ2v) is 14.2. The van der Waals surface area contributed by atoms with Gasteiger partial charge >= 0.3 is 37.7 Å². The average molecular weight is 799 g/mol. The van der Waals surface area contributed by atoms with Crippen molar-refractivity contribution in [3.8, 4) is 0 Å². The van der Waals surface area contributed by atoms with E-state index in [1.54, 1.807) is 0 Å². The van der Waals surface area contributed by atoms with Crippen LogP contribution in [0.3, 0.4) is 0 Å². The Labute approximate surface area is 344 Å². The molecule has 0 saturated carbocycles. The molecule has 0 radical (unpaired) electrons. The summed E-state index contributed by atoms with van der Waals surface area (Å²) in [5.41, 5.74) is 0. The molecule has 0 rings (SSSR count). The number of carbonyl (C=O) groups is 2. The molecule has 0 amide bonds. The molecule has 0 aromatic carbocycles. The van der Waals surface area contributed by atoms with E-state index in [2.05, 4.69) is 13.8 Å². The van der Waals surface area contributed by atoms with E-state index in [9.17, 15) is 60.7 Å². The van der Waals surface area contributed by atoms with Gasteiger partial charge in [-0.15, -0.1) is 0 Å². The van der Waals surface area contributed by atoms with Gasteiger partial charge in [-0.2, -0.15) is 0 Å². The first kappa shape index (κ1) is 57.0. The fourth-order valence-corrected chi connectivity index (χ4v) is 5.62. The minimum atomic E-state index is -4.21. The van der Waals surface area contributed by atoms with Crippen molar-refractivity contribution in [2.45, 2.75) is 216 Å². The molecule has 0 fully saturated rings. The van der Waals surface area contributed by atoms with Gasteiger partial charge in [-0.05, 0) is 12.8 Å². The van der Waals surface area contributed by atoms with Gasteiger partial charge in [0, 0.05) is 12.8 Å². The van der Waals surface area contributed by atoms with Crippen molar-refractivity contribution >= 4 is 49.7 Å². The van der Waals surface area contributed by atoms with Crippen LogP contribution in [0.4, 0.5) is 0 Å². The molecule has 17 heteroatoms. The van der Waals surface area contributed by atoms with Gasteiger partial charge in [0.15, 0.2) is 0 Å². The third-order valence-corrected chi connectivity index (χ3v) is 9.42. The van der Waals surface area contributed by atoms with E-state index in [4.69, 9.17) is 20.4 Å².